The zero-order valence-electron chi connectivity index (χ0n) is 12.1. The van der Waals surface area contributed by atoms with Gasteiger partial charge in [0, 0.05) is 26.1 Å². The van der Waals surface area contributed by atoms with Crippen LogP contribution in [0.1, 0.15) is 32.0 Å². The fourth-order valence-electron chi connectivity index (χ4n) is 2.67. The molecule has 0 spiro atoms. The smallest absolute Gasteiger partial charge is 0.317 e. The number of nitrogens with zero attached hydrogens (tertiary/aromatic N) is 3. The predicted octanol–water partition coefficient (Wildman–Crippen LogP) is 0.634. The second-order valence-corrected chi connectivity index (χ2v) is 5.38. The largest absolute Gasteiger partial charge is 0.481 e. The average Bonchev–Trinajstić information content (AvgIpc) is 3.00. The number of rotatable bonds is 5. The van der Waals surface area contributed by atoms with Gasteiger partial charge in [-0.05, 0) is 19.3 Å². The van der Waals surface area contributed by atoms with Crippen molar-refractivity contribution in [2.45, 2.75) is 32.6 Å². The van der Waals surface area contributed by atoms with Gasteiger partial charge in [-0.1, -0.05) is 6.92 Å². The van der Waals surface area contributed by atoms with E-state index < -0.39 is 11.4 Å². The summed E-state index contributed by atoms with van der Waals surface area (Å²) in [5.74, 6) is -0.105. The monoisotopic (exact) mass is 295 g/mol. The van der Waals surface area contributed by atoms with Crippen molar-refractivity contribution in [1.82, 2.24) is 25.4 Å². The summed E-state index contributed by atoms with van der Waals surface area (Å²) < 4.78 is 0. The van der Waals surface area contributed by atoms with Crippen LogP contribution in [-0.4, -0.2) is 56.8 Å². The summed E-state index contributed by atoms with van der Waals surface area (Å²) in [4.78, 5) is 29.2. The molecular weight excluding hydrogens is 274 g/mol. The minimum Gasteiger partial charge on any atom is -0.481 e. The lowest BCUT2D eigenvalue weighted by Crippen LogP contribution is -2.52. The van der Waals surface area contributed by atoms with Crippen molar-refractivity contribution in [1.29, 1.82) is 0 Å². The van der Waals surface area contributed by atoms with E-state index in [1.165, 1.54) is 6.33 Å². The summed E-state index contributed by atoms with van der Waals surface area (Å²) >= 11 is 0. The van der Waals surface area contributed by atoms with Crippen LogP contribution in [0.2, 0.25) is 0 Å². The number of piperidine rings is 1. The van der Waals surface area contributed by atoms with E-state index in [4.69, 9.17) is 0 Å². The summed E-state index contributed by atoms with van der Waals surface area (Å²) in [7, 11) is 0. The molecule has 8 nitrogen and oxygen atoms in total. The fraction of sp³-hybridized carbons (Fsp3) is 0.692. The number of nitrogens with one attached hydrogen (secondary N) is 2. The highest BCUT2D eigenvalue weighted by molar-refractivity contribution is 5.78. The highest BCUT2D eigenvalue weighted by Gasteiger charge is 2.42. The van der Waals surface area contributed by atoms with Crippen LogP contribution in [0.3, 0.4) is 0 Å². The van der Waals surface area contributed by atoms with Gasteiger partial charge in [-0.15, -0.1) is 0 Å². The molecule has 2 rings (SSSR count). The summed E-state index contributed by atoms with van der Waals surface area (Å²) in [6.07, 6.45) is 3.86. The van der Waals surface area contributed by atoms with Gasteiger partial charge >= 0.3 is 12.0 Å². The Balaban J connectivity index is 1.85. The van der Waals surface area contributed by atoms with Crippen molar-refractivity contribution in [3.63, 3.8) is 0 Å². The van der Waals surface area contributed by atoms with E-state index in [0.29, 0.717) is 38.2 Å². The van der Waals surface area contributed by atoms with Crippen molar-refractivity contribution in [3.8, 4) is 0 Å². The van der Waals surface area contributed by atoms with Gasteiger partial charge in [0.15, 0.2) is 0 Å². The number of amides is 2. The van der Waals surface area contributed by atoms with Crippen molar-refractivity contribution in [2.75, 3.05) is 19.6 Å². The Morgan fingerprint density at radius 3 is 3.00 bits per heavy atom. The lowest BCUT2D eigenvalue weighted by atomic mass is 9.78. The number of aliphatic carboxylic acids is 1. The molecule has 1 aromatic heterocycles. The van der Waals surface area contributed by atoms with Gasteiger partial charge in [0.1, 0.15) is 12.2 Å². The quantitative estimate of drug-likeness (QED) is 0.738. The van der Waals surface area contributed by atoms with Crippen LogP contribution in [0.25, 0.3) is 0 Å². The SMILES string of the molecule is CCC1(C(=O)O)CCCN(C(=O)NCCc2ncn[nH]2)C1. The van der Waals surface area contributed by atoms with E-state index in [1.54, 1.807) is 4.90 Å². The Kier molecular flexibility index (Phi) is 4.77. The summed E-state index contributed by atoms with van der Waals surface area (Å²) in [6.45, 7) is 3.17. The number of carboxylic acid groups (broad SMARTS) is 1. The molecule has 2 heterocycles. The van der Waals surface area contributed by atoms with Crippen molar-refractivity contribution in [3.05, 3.63) is 12.2 Å². The Morgan fingerprint density at radius 2 is 2.38 bits per heavy atom. The first-order valence-corrected chi connectivity index (χ1v) is 7.18. The van der Waals surface area contributed by atoms with Crippen molar-refractivity contribution in [2.24, 2.45) is 5.41 Å². The van der Waals surface area contributed by atoms with Crippen LogP contribution in [0.15, 0.2) is 6.33 Å². The van der Waals surface area contributed by atoms with E-state index in [0.717, 1.165) is 6.42 Å². The maximum absolute atomic E-state index is 12.1. The third-order valence-electron chi connectivity index (χ3n) is 4.10. The number of hydrogen-bond acceptors (Lipinski definition) is 4. The van der Waals surface area contributed by atoms with Gasteiger partial charge < -0.3 is 15.3 Å². The third-order valence-corrected chi connectivity index (χ3v) is 4.10. The topological polar surface area (TPSA) is 111 Å². The second kappa shape index (κ2) is 6.55. The molecule has 8 heteroatoms. The standard InChI is InChI=1S/C13H21N5O3/c1-2-13(11(19)20)5-3-7-18(8-13)12(21)14-6-4-10-15-9-16-17-10/h9H,2-8H2,1H3,(H,14,21)(H,19,20)(H,15,16,17). The number of carbonyl (C=O) groups is 2. The molecule has 3 N–H and O–H groups in total. The average molecular weight is 295 g/mol. The highest BCUT2D eigenvalue weighted by Crippen LogP contribution is 2.33. The van der Waals surface area contributed by atoms with E-state index in [9.17, 15) is 14.7 Å². The minimum absolute atomic E-state index is 0.215. The first kappa shape index (κ1) is 15.3. The molecule has 116 valence electrons. The number of aromatic amines is 1. The van der Waals surface area contributed by atoms with Gasteiger partial charge in [-0.3, -0.25) is 9.89 Å². The van der Waals surface area contributed by atoms with E-state index in [1.807, 2.05) is 6.92 Å². The molecule has 0 saturated carbocycles. The first-order chi connectivity index (χ1) is 10.1. The van der Waals surface area contributed by atoms with Gasteiger partial charge in [0.25, 0.3) is 0 Å². The molecule has 1 atom stereocenters. The molecule has 1 unspecified atom stereocenters. The van der Waals surface area contributed by atoms with E-state index >= 15 is 0 Å². The van der Waals surface area contributed by atoms with Gasteiger partial charge in [-0.25, -0.2) is 9.78 Å². The van der Waals surface area contributed by atoms with E-state index in [-0.39, 0.29) is 12.6 Å². The molecule has 1 saturated heterocycles. The number of urea groups is 1. The number of carboxylic acids is 1. The van der Waals surface area contributed by atoms with Crippen LogP contribution in [0.5, 0.6) is 0 Å². The van der Waals surface area contributed by atoms with Crippen LogP contribution in [-0.2, 0) is 11.2 Å². The predicted molar refractivity (Wildman–Crippen MR) is 74.7 cm³/mol. The van der Waals surface area contributed by atoms with Gasteiger partial charge in [0.2, 0.25) is 0 Å². The normalized spacial score (nSPS) is 22.0. The van der Waals surface area contributed by atoms with E-state index in [2.05, 4.69) is 20.5 Å². The molecule has 1 aliphatic heterocycles. The number of carbonyl (C=O) groups excluding carboxylic acids is 1. The van der Waals surface area contributed by atoms with Crippen LogP contribution < -0.4 is 5.32 Å². The molecule has 1 fully saturated rings. The summed E-state index contributed by atoms with van der Waals surface area (Å²) in [6, 6.07) is -0.215. The van der Waals surface area contributed by atoms with Gasteiger partial charge in [0.05, 0.1) is 5.41 Å². The molecule has 0 bridgehead atoms. The van der Waals surface area contributed by atoms with Crippen molar-refractivity contribution < 1.29 is 14.7 Å². The zero-order chi connectivity index (χ0) is 15.3. The first-order valence-electron chi connectivity index (χ1n) is 7.18. The Hall–Kier alpha value is -2.12. The number of H-pyrrole nitrogens is 1. The summed E-state index contributed by atoms with van der Waals surface area (Å²) in [5.41, 5.74) is -0.805. The van der Waals surface area contributed by atoms with Gasteiger partial charge in [-0.2, -0.15) is 5.10 Å². The Bertz CT molecular complexity index is 490. The second-order valence-electron chi connectivity index (χ2n) is 5.38. The van der Waals surface area contributed by atoms with Crippen LogP contribution in [0, 0.1) is 5.41 Å². The maximum Gasteiger partial charge on any atom is 0.317 e. The third kappa shape index (κ3) is 3.50. The molecule has 0 aromatic carbocycles. The van der Waals surface area contributed by atoms with Crippen LogP contribution >= 0.6 is 0 Å². The maximum atomic E-state index is 12.1. The number of hydrogen-bond donors (Lipinski definition) is 3. The van der Waals surface area contributed by atoms with Crippen molar-refractivity contribution >= 4 is 12.0 Å². The Labute approximate surface area is 122 Å². The highest BCUT2D eigenvalue weighted by atomic mass is 16.4. The summed E-state index contributed by atoms with van der Waals surface area (Å²) in [5, 5.41) is 18.7. The molecule has 0 aliphatic carbocycles. The molecule has 21 heavy (non-hydrogen) atoms. The number of aromatic nitrogens is 3. The molecule has 1 aromatic rings. The number of likely N-dealkylation sites (tertiary alicyclic amines) is 1. The molecule has 2 amide bonds. The minimum atomic E-state index is -0.816. The lowest BCUT2D eigenvalue weighted by Gasteiger charge is -2.39. The molecule has 0 radical (unpaired) electrons. The zero-order valence-corrected chi connectivity index (χ0v) is 12.1. The molecule has 1 aliphatic rings. The lowest BCUT2D eigenvalue weighted by molar-refractivity contribution is -0.152. The fourth-order valence-corrected chi connectivity index (χ4v) is 2.67. The molecular formula is C13H21N5O3. The Morgan fingerprint density at radius 1 is 1.57 bits per heavy atom. The van der Waals surface area contributed by atoms with Crippen LogP contribution in [0.4, 0.5) is 4.79 Å².